The molecule has 0 radical (unpaired) electrons. The SMILES string of the molecule is CCCCCCCCCCCCCCCCCCC(=O)OC[C@@H](COC(=O)CCCCCCCCCCCCCCCCC(C)C)OC(=O)CCCCCCCCCC(C)C. The van der Waals surface area contributed by atoms with E-state index in [-0.39, 0.29) is 31.1 Å². The van der Waals surface area contributed by atoms with Crippen molar-refractivity contribution in [3.63, 3.8) is 0 Å². The van der Waals surface area contributed by atoms with Gasteiger partial charge in [-0.05, 0) is 31.1 Å². The molecule has 0 heterocycles. The van der Waals surface area contributed by atoms with Crippen molar-refractivity contribution in [3.8, 4) is 0 Å². The largest absolute Gasteiger partial charge is 0.462 e. The molecule has 0 aliphatic carbocycles. The maximum Gasteiger partial charge on any atom is 0.306 e. The molecule has 0 rings (SSSR count). The van der Waals surface area contributed by atoms with Crippen molar-refractivity contribution in [2.75, 3.05) is 13.2 Å². The third kappa shape index (κ3) is 49.3. The molecule has 0 aromatic heterocycles. The first-order chi connectivity index (χ1) is 29.7. The Morgan fingerprint density at radius 2 is 0.541 bits per heavy atom. The van der Waals surface area contributed by atoms with Crippen LogP contribution < -0.4 is 0 Å². The molecule has 61 heavy (non-hydrogen) atoms. The van der Waals surface area contributed by atoms with E-state index in [4.69, 9.17) is 14.2 Å². The molecule has 0 saturated carbocycles. The maximum atomic E-state index is 12.8. The highest BCUT2D eigenvalue weighted by atomic mass is 16.6. The van der Waals surface area contributed by atoms with Crippen molar-refractivity contribution in [2.45, 2.75) is 310 Å². The van der Waals surface area contributed by atoms with E-state index in [1.54, 1.807) is 0 Å². The molecule has 362 valence electrons. The van der Waals surface area contributed by atoms with Gasteiger partial charge in [0.05, 0.1) is 0 Å². The van der Waals surface area contributed by atoms with E-state index in [0.29, 0.717) is 19.3 Å². The zero-order chi connectivity index (χ0) is 44.7. The number of esters is 3. The Morgan fingerprint density at radius 1 is 0.311 bits per heavy atom. The fraction of sp³-hybridized carbons (Fsp3) is 0.945. The van der Waals surface area contributed by atoms with Gasteiger partial charge in [-0.25, -0.2) is 0 Å². The van der Waals surface area contributed by atoms with Crippen LogP contribution in [0.4, 0.5) is 0 Å². The highest BCUT2D eigenvalue weighted by molar-refractivity contribution is 5.71. The van der Waals surface area contributed by atoms with Crippen LogP contribution in [0.25, 0.3) is 0 Å². The zero-order valence-corrected chi connectivity index (χ0v) is 41.8. The number of carbonyl (C=O) groups excluding carboxylic acids is 3. The van der Waals surface area contributed by atoms with Crippen molar-refractivity contribution in [1.82, 2.24) is 0 Å². The summed E-state index contributed by atoms with van der Waals surface area (Å²) in [5.74, 6) is 0.775. The van der Waals surface area contributed by atoms with Gasteiger partial charge in [0, 0.05) is 19.3 Å². The van der Waals surface area contributed by atoms with Gasteiger partial charge < -0.3 is 14.2 Å². The predicted molar refractivity (Wildman–Crippen MR) is 261 cm³/mol. The van der Waals surface area contributed by atoms with Gasteiger partial charge >= 0.3 is 17.9 Å². The highest BCUT2D eigenvalue weighted by Gasteiger charge is 2.19. The number of unbranched alkanes of at least 4 members (excludes halogenated alkanes) is 34. The lowest BCUT2D eigenvalue weighted by Crippen LogP contribution is -2.30. The van der Waals surface area contributed by atoms with E-state index in [0.717, 1.165) is 69.6 Å². The number of ether oxygens (including phenoxy) is 3. The molecule has 0 bridgehead atoms. The van der Waals surface area contributed by atoms with Gasteiger partial charge in [-0.15, -0.1) is 0 Å². The quantitative estimate of drug-likeness (QED) is 0.0344. The Balaban J connectivity index is 4.24. The molecule has 0 aromatic carbocycles. The molecule has 0 aliphatic rings. The van der Waals surface area contributed by atoms with Crippen LogP contribution in [0.1, 0.15) is 304 Å². The zero-order valence-electron chi connectivity index (χ0n) is 41.8. The first kappa shape index (κ1) is 59.4. The van der Waals surface area contributed by atoms with Crippen LogP contribution in [0.2, 0.25) is 0 Å². The monoisotopic (exact) mass is 863 g/mol. The third-order valence-corrected chi connectivity index (χ3v) is 12.5. The molecule has 0 aliphatic heterocycles. The van der Waals surface area contributed by atoms with Crippen LogP contribution in [0.15, 0.2) is 0 Å². The molecule has 0 amide bonds. The molecule has 0 unspecified atom stereocenters. The van der Waals surface area contributed by atoms with Crippen LogP contribution in [-0.4, -0.2) is 37.2 Å². The molecule has 0 aromatic rings. The first-order valence-corrected chi connectivity index (χ1v) is 27.2. The van der Waals surface area contributed by atoms with E-state index in [9.17, 15) is 14.4 Å². The van der Waals surface area contributed by atoms with Crippen LogP contribution in [0.5, 0.6) is 0 Å². The number of hydrogen-bond acceptors (Lipinski definition) is 6. The summed E-state index contributed by atoms with van der Waals surface area (Å²) in [6, 6.07) is 0. The smallest absolute Gasteiger partial charge is 0.306 e. The van der Waals surface area contributed by atoms with Gasteiger partial charge in [0.15, 0.2) is 6.10 Å². The van der Waals surface area contributed by atoms with Crippen molar-refractivity contribution >= 4 is 17.9 Å². The van der Waals surface area contributed by atoms with Crippen LogP contribution in [-0.2, 0) is 28.6 Å². The van der Waals surface area contributed by atoms with E-state index < -0.39 is 6.10 Å². The Kier molecular flexibility index (Phi) is 46.6. The van der Waals surface area contributed by atoms with Crippen LogP contribution in [0, 0.1) is 11.8 Å². The summed E-state index contributed by atoms with van der Waals surface area (Å²) < 4.78 is 16.8. The van der Waals surface area contributed by atoms with Crippen LogP contribution in [0.3, 0.4) is 0 Å². The average Bonchev–Trinajstić information content (AvgIpc) is 3.23. The van der Waals surface area contributed by atoms with E-state index in [1.807, 2.05) is 0 Å². The molecular weight excluding hydrogens is 757 g/mol. The summed E-state index contributed by atoms with van der Waals surface area (Å²) in [6.07, 6.45) is 49.6. The second-order valence-electron chi connectivity index (χ2n) is 19.8. The first-order valence-electron chi connectivity index (χ1n) is 27.2. The molecule has 0 saturated heterocycles. The Hall–Kier alpha value is -1.59. The number of hydrogen-bond donors (Lipinski definition) is 0. The molecule has 6 heteroatoms. The Morgan fingerprint density at radius 3 is 0.803 bits per heavy atom. The van der Waals surface area contributed by atoms with Gasteiger partial charge in [0.2, 0.25) is 0 Å². The summed E-state index contributed by atoms with van der Waals surface area (Å²) >= 11 is 0. The van der Waals surface area contributed by atoms with Gasteiger partial charge in [0.25, 0.3) is 0 Å². The van der Waals surface area contributed by atoms with Crippen molar-refractivity contribution < 1.29 is 28.6 Å². The van der Waals surface area contributed by atoms with E-state index in [2.05, 4.69) is 34.6 Å². The van der Waals surface area contributed by atoms with E-state index in [1.165, 1.54) is 193 Å². The Bertz CT molecular complexity index is 931. The summed E-state index contributed by atoms with van der Waals surface area (Å²) in [6.45, 7) is 11.3. The lowest BCUT2D eigenvalue weighted by atomic mass is 10.0. The second-order valence-corrected chi connectivity index (χ2v) is 19.8. The summed E-state index contributed by atoms with van der Waals surface area (Å²) in [4.78, 5) is 38.0. The molecular formula is C55H106O6. The van der Waals surface area contributed by atoms with Crippen LogP contribution >= 0.6 is 0 Å². The van der Waals surface area contributed by atoms with E-state index >= 15 is 0 Å². The minimum Gasteiger partial charge on any atom is -0.462 e. The second kappa shape index (κ2) is 47.9. The summed E-state index contributed by atoms with van der Waals surface area (Å²) in [5.41, 5.74) is 0. The van der Waals surface area contributed by atoms with Gasteiger partial charge in [0.1, 0.15) is 13.2 Å². The number of rotatable bonds is 49. The highest BCUT2D eigenvalue weighted by Crippen LogP contribution is 2.18. The average molecular weight is 863 g/mol. The molecule has 1 atom stereocenters. The fourth-order valence-corrected chi connectivity index (χ4v) is 8.34. The van der Waals surface area contributed by atoms with Crippen molar-refractivity contribution in [1.29, 1.82) is 0 Å². The van der Waals surface area contributed by atoms with Gasteiger partial charge in [-0.3, -0.25) is 14.4 Å². The molecule has 0 fully saturated rings. The normalized spacial score (nSPS) is 12.0. The number of carbonyl (C=O) groups is 3. The third-order valence-electron chi connectivity index (χ3n) is 12.5. The minimum atomic E-state index is -0.762. The molecule has 6 nitrogen and oxygen atoms in total. The van der Waals surface area contributed by atoms with Gasteiger partial charge in [-0.1, -0.05) is 266 Å². The summed E-state index contributed by atoms with van der Waals surface area (Å²) in [5, 5.41) is 0. The minimum absolute atomic E-state index is 0.0640. The lowest BCUT2D eigenvalue weighted by Gasteiger charge is -2.18. The Labute approximate surface area is 380 Å². The fourth-order valence-electron chi connectivity index (χ4n) is 8.34. The lowest BCUT2D eigenvalue weighted by molar-refractivity contribution is -0.167. The van der Waals surface area contributed by atoms with Gasteiger partial charge in [-0.2, -0.15) is 0 Å². The van der Waals surface area contributed by atoms with Crippen molar-refractivity contribution in [2.24, 2.45) is 11.8 Å². The maximum absolute atomic E-state index is 12.8. The standard InChI is InChI=1S/C55H106O6/c1-6-7-8-9-10-11-12-13-14-15-19-22-25-30-35-40-45-53(56)59-48-52(61-55(58)47-42-37-32-27-29-34-39-44-51(4)5)49-60-54(57)46-41-36-31-26-23-20-17-16-18-21-24-28-33-38-43-50(2)3/h50-52H,6-49H2,1-5H3/t52-/m0/s1. The topological polar surface area (TPSA) is 78.9 Å². The predicted octanol–water partition coefficient (Wildman–Crippen LogP) is 17.7. The molecule has 0 spiro atoms. The van der Waals surface area contributed by atoms with Crippen molar-refractivity contribution in [3.05, 3.63) is 0 Å². The summed E-state index contributed by atoms with van der Waals surface area (Å²) in [7, 11) is 0. The molecule has 0 N–H and O–H groups in total.